The van der Waals surface area contributed by atoms with E-state index in [0.29, 0.717) is 60.4 Å². The van der Waals surface area contributed by atoms with Gasteiger partial charge in [-0.2, -0.15) is 5.26 Å². The van der Waals surface area contributed by atoms with E-state index < -0.39 is 12.0 Å². The van der Waals surface area contributed by atoms with E-state index in [-0.39, 0.29) is 29.9 Å². The van der Waals surface area contributed by atoms with Crippen LogP contribution in [0.25, 0.3) is 11.3 Å². The minimum absolute atomic E-state index is 0.0954. The number of aromatic amines is 1. The van der Waals surface area contributed by atoms with Gasteiger partial charge in [-0.05, 0) is 24.3 Å². The molecule has 38 heavy (non-hydrogen) atoms. The number of aromatic nitrogens is 2. The Morgan fingerprint density at radius 1 is 1.21 bits per heavy atom. The number of amides is 1. The van der Waals surface area contributed by atoms with Crippen LogP contribution < -0.4 is 29.4 Å². The Labute approximate surface area is 217 Å². The highest BCUT2D eigenvalue weighted by molar-refractivity contribution is 5.76. The number of carbonyl (C=O) groups is 1. The Balaban J connectivity index is 1.49. The summed E-state index contributed by atoms with van der Waals surface area (Å²) in [6.45, 7) is 1.77. The molecular weight excluding hydrogens is 494 g/mol. The second-order valence-electron chi connectivity index (χ2n) is 8.66. The lowest BCUT2D eigenvalue weighted by molar-refractivity contribution is 0.0412. The van der Waals surface area contributed by atoms with Crippen LogP contribution in [0.3, 0.4) is 0 Å². The van der Waals surface area contributed by atoms with Crippen molar-refractivity contribution in [2.45, 2.75) is 5.92 Å². The van der Waals surface area contributed by atoms with Gasteiger partial charge in [-0.25, -0.2) is 4.79 Å². The number of nitrogens with one attached hydrogen (secondary N) is 1. The molecule has 0 radical (unpaired) electrons. The largest absolute Gasteiger partial charge is 0.493 e. The van der Waals surface area contributed by atoms with Gasteiger partial charge in [-0.3, -0.25) is 5.10 Å². The number of nitrogens with zero attached hydrogens (tertiary/aromatic N) is 3. The highest BCUT2D eigenvalue weighted by atomic mass is 16.7. The van der Waals surface area contributed by atoms with Crippen molar-refractivity contribution in [1.82, 2.24) is 15.1 Å². The molecule has 3 aromatic rings. The quantitative estimate of drug-likeness (QED) is 0.528. The summed E-state index contributed by atoms with van der Waals surface area (Å²) in [4.78, 5) is 14.7. The summed E-state index contributed by atoms with van der Waals surface area (Å²) in [6.07, 6.45) is -0.551. The maximum atomic E-state index is 13.1. The highest BCUT2D eigenvalue weighted by Gasteiger charge is 2.38. The molecule has 4 heterocycles. The van der Waals surface area contributed by atoms with Crippen molar-refractivity contribution < 1.29 is 33.2 Å². The number of rotatable bonds is 4. The molecule has 0 saturated carbocycles. The van der Waals surface area contributed by atoms with Gasteiger partial charge >= 0.3 is 6.09 Å². The second kappa shape index (κ2) is 9.53. The van der Waals surface area contributed by atoms with Crippen LogP contribution in [0, 0.1) is 11.3 Å². The number of hydrogen-bond acceptors (Lipinski definition) is 10. The molecule has 1 aromatic heterocycles. The summed E-state index contributed by atoms with van der Waals surface area (Å²) in [7, 11) is 1.48. The predicted molar refractivity (Wildman–Crippen MR) is 131 cm³/mol. The number of carbonyl (C=O) groups excluding carboxylic acids is 1. The molecule has 1 atom stereocenters. The van der Waals surface area contributed by atoms with E-state index in [4.69, 9.17) is 34.2 Å². The van der Waals surface area contributed by atoms with Crippen LogP contribution in [0.5, 0.6) is 28.9 Å². The van der Waals surface area contributed by atoms with Crippen molar-refractivity contribution in [3.8, 4) is 46.2 Å². The van der Waals surface area contributed by atoms with Crippen molar-refractivity contribution in [2.75, 3.05) is 40.2 Å². The fourth-order valence-electron chi connectivity index (χ4n) is 4.76. The van der Waals surface area contributed by atoms with E-state index in [9.17, 15) is 10.1 Å². The Morgan fingerprint density at radius 3 is 2.82 bits per heavy atom. The molecule has 1 saturated heterocycles. The van der Waals surface area contributed by atoms with Gasteiger partial charge in [0.1, 0.15) is 11.6 Å². The molecular formula is C26H23N5O7. The van der Waals surface area contributed by atoms with Crippen LogP contribution >= 0.6 is 0 Å². The molecule has 1 amide bonds. The zero-order valence-corrected chi connectivity index (χ0v) is 20.4. The number of allylic oxidation sites excluding steroid dienone is 1. The first-order valence-electron chi connectivity index (χ1n) is 11.9. The number of methoxy groups -OCH3 is 1. The number of benzene rings is 2. The predicted octanol–water partition coefficient (Wildman–Crippen LogP) is 2.86. The SMILES string of the molecule is COc1cccc([C@@H]2C(C#N)=C(N)Oc3n[nH]c(-c4ccc5c(c4)OCO5)c32)c1OC(=O)N1CCOCC1. The average molecular weight is 517 g/mol. The maximum absolute atomic E-state index is 13.1. The van der Waals surface area contributed by atoms with Crippen LogP contribution in [0.2, 0.25) is 0 Å². The van der Waals surface area contributed by atoms with Crippen molar-refractivity contribution in [3.63, 3.8) is 0 Å². The molecule has 6 rings (SSSR count). The van der Waals surface area contributed by atoms with Gasteiger partial charge in [0.2, 0.25) is 18.6 Å². The van der Waals surface area contributed by atoms with E-state index in [1.807, 2.05) is 12.1 Å². The summed E-state index contributed by atoms with van der Waals surface area (Å²) in [6, 6.07) is 12.8. The number of nitrogens with two attached hydrogens (primary N) is 1. The molecule has 12 nitrogen and oxygen atoms in total. The zero-order chi connectivity index (χ0) is 26.2. The second-order valence-corrected chi connectivity index (χ2v) is 8.66. The average Bonchev–Trinajstić information content (AvgIpc) is 3.59. The molecule has 12 heteroatoms. The molecule has 0 bridgehead atoms. The molecule has 3 N–H and O–H groups in total. The Bertz CT molecular complexity index is 1490. The molecule has 0 unspecified atom stereocenters. The Kier molecular flexibility index (Phi) is 5.89. The van der Waals surface area contributed by atoms with Gasteiger partial charge in [-0.15, -0.1) is 5.10 Å². The van der Waals surface area contributed by atoms with Gasteiger partial charge in [0.15, 0.2) is 23.0 Å². The lowest BCUT2D eigenvalue weighted by Gasteiger charge is -2.28. The number of H-pyrrole nitrogens is 1. The molecule has 0 spiro atoms. The highest BCUT2D eigenvalue weighted by Crippen LogP contribution is 2.50. The van der Waals surface area contributed by atoms with Crippen LogP contribution in [0.15, 0.2) is 47.9 Å². The first kappa shape index (κ1) is 23.5. The fraction of sp³-hybridized carbons (Fsp3) is 0.269. The molecule has 3 aliphatic rings. The first-order valence-corrected chi connectivity index (χ1v) is 11.9. The van der Waals surface area contributed by atoms with Gasteiger partial charge in [0.05, 0.1) is 37.5 Å². The van der Waals surface area contributed by atoms with Gasteiger partial charge in [-0.1, -0.05) is 12.1 Å². The molecule has 3 aliphatic heterocycles. The van der Waals surface area contributed by atoms with Gasteiger partial charge in [0.25, 0.3) is 0 Å². The zero-order valence-electron chi connectivity index (χ0n) is 20.4. The van der Waals surface area contributed by atoms with Crippen molar-refractivity contribution in [1.29, 1.82) is 5.26 Å². The molecule has 2 aromatic carbocycles. The van der Waals surface area contributed by atoms with Gasteiger partial charge in [0, 0.05) is 24.2 Å². The standard InChI is InChI=1S/C26H23N5O7/c1-33-18-4-2-3-15(23(18)37-26(32)31-7-9-34-10-8-31)20-16(12-27)24(28)38-25-21(20)22(29-30-25)14-5-6-17-19(11-14)36-13-35-17/h2-6,11,20H,7-10,13,28H2,1H3,(H,29,30)/t20-/m1/s1. The summed E-state index contributed by atoms with van der Waals surface area (Å²) in [5.74, 6) is 1.02. The van der Waals surface area contributed by atoms with E-state index in [1.165, 1.54) is 7.11 Å². The third kappa shape index (κ3) is 3.89. The number of morpholine rings is 1. The van der Waals surface area contributed by atoms with Gasteiger partial charge < -0.3 is 39.1 Å². The van der Waals surface area contributed by atoms with Crippen molar-refractivity contribution >= 4 is 6.09 Å². The molecule has 1 fully saturated rings. The van der Waals surface area contributed by atoms with E-state index >= 15 is 0 Å². The van der Waals surface area contributed by atoms with Crippen LogP contribution in [0.1, 0.15) is 17.0 Å². The Morgan fingerprint density at radius 2 is 2.03 bits per heavy atom. The molecule has 0 aliphatic carbocycles. The lowest BCUT2D eigenvalue weighted by atomic mass is 9.82. The van der Waals surface area contributed by atoms with Crippen molar-refractivity contribution in [3.05, 3.63) is 59.0 Å². The number of nitriles is 1. The fourth-order valence-corrected chi connectivity index (χ4v) is 4.76. The molecule has 194 valence electrons. The minimum atomic E-state index is -0.787. The number of para-hydroxylation sites is 1. The van der Waals surface area contributed by atoms with Crippen LogP contribution in [0.4, 0.5) is 4.79 Å². The normalized spacial score (nSPS) is 17.9. The number of hydrogen-bond donors (Lipinski definition) is 2. The van der Waals surface area contributed by atoms with Crippen molar-refractivity contribution in [2.24, 2.45) is 5.73 Å². The maximum Gasteiger partial charge on any atom is 0.415 e. The van der Waals surface area contributed by atoms with E-state index in [2.05, 4.69) is 16.3 Å². The summed E-state index contributed by atoms with van der Waals surface area (Å²) in [5.41, 5.74) is 8.65. The van der Waals surface area contributed by atoms with E-state index in [0.717, 1.165) is 5.56 Å². The van der Waals surface area contributed by atoms with E-state index in [1.54, 1.807) is 29.2 Å². The first-order chi connectivity index (χ1) is 18.6. The summed E-state index contributed by atoms with van der Waals surface area (Å²) < 4.78 is 33.5. The number of fused-ring (bicyclic) bond motifs is 2. The summed E-state index contributed by atoms with van der Waals surface area (Å²) in [5, 5.41) is 17.5. The lowest BCUT2D eigenvalue weighted by Crippen LogP contribution is -2.42. The number of ether oxygens (including phenoxy) is 6. The topological polar surface area (TPSA) is 154 Å². The third-order valence-corrected chi connectivity index (χ3v) is 6.60. The smallest absolute Gasteiger partial charge is 0.415 e. The Hall–Kier alpha value is -4.89. The summed E-state index contributed by atoms with van der Waals surface area (Å²) >= 11 is 0. The van der Waals surface area contributed by atoms with Crippen LogP contribution in [-0.2, 0) is 4.74 Å². The minimum Gasteiger partial charge on any atom is -0.493 e. The third-order valence-electron chi connectivity index (χ3n) is 6.60. The monoisotopic (exact) mass is 517 g/mol. The van der Waals surface area contributed by atoms with Crippen LogP contribution in [-0.4, -0.2) is 61.4 Å².